The number of nitrogens with zero attached hydrogens (tertiary/aromatic N) is 3. The van der Waals surface area contributed by atoms with Crippen molar-refractivity contribution in [3.63, 3.8) is 0 Å². The first kappa shape index (κ1) is 8.07. The van der Waals surface area contributed by atoms with Crippen LogP contribution in [0.4, 0.5) is 5.69 Å². The molecule has 0 aliphatic rings. The number of nitrogens with two attached hydrogens (primary N) is 1. The summed E-state index contributed by atoms with van der Waals surface area (Å²) in [5.41, 5.74) is 7.18. The van der Waals surface area contributed by atoms with E-state index in [1.165, 1.54) is 0 Å². The molecule has 2 aromatic rings. The lowest BCUT2D eigenvalue weighted by molar-refractivity contribution is 1.06. The average Bonchev–Trinajstić information content (AvgIpc) is 2.61. The standard InChI is InChI=1S/C8H7ClN4/c9-6-1-2-7(10)8(3-6)13-4-11-12-5-13/h1-5H,10H2. The van der Waals surface area contributed by atoms with Crippen LogP contribution in [0.1, 0.15) is 0 Å². The summed E-state index contributed by atoms with van der Waals surface area (Å²) < 4.78 is 1.71. The largest absolute Gasteiger partial charge is 0.397 e. The van der Waals surface area contributed by atoms with E-state index in [1.54, 1.807) is 35.4 Å². The summed E-state index contributed by atoms with van der Waals surface area (Å²) >= 11 is 5.82. The highest BCUT2D eigenvalue weighted by Crippen LogP contribution is 2.20. The van der Waals surface area contributed by atoms with Gasteiger partial charge in [-0.25, -0.2) is 0 Å². The first-order valence-electron chi connectivity index (χ1n) is 3.67. The number of hydrogen-bond donors (Lipinski definition) is 1. The Morgan fingerprint density at radius 2 is 1.92 bits per heavy atom. The quantitative estimate of drug-likeness (QED) is 0.700. The van der Waals surface area contributed by atoms with Crippen molar-refractivity contribution in [3.8, 4) is 5.69 Å². The Bertz CT molecular complexity index is 410. The van der Waals surface area contributed by atoms with Crippen molar-refractivity contribution in [1.82, 2.24) is 14.8 Å². The molecule has 0 fully saturated rings. The Kier molecular flexibility index (Phi) is 1.90. The van der Waals surface area contributed by atoms with Crippen LogP contribution in [0.3, 0.4) is 0 Å². The van der Waals surface area contributed by atoms with Gasteiger partial charge in [0.05, 0.1) is 11.4 Å². The van der Waals surface area contributed by atoms with Gasteiger partial charge in [-0.05, 0) is 18.2 Å². The fourth-order valence-electron chi connectivity index (χ4n) is 1.07. The molecule has 0 saturated heterocycles. The number of anilines is 1. The molecule has 0 atom stereocenters. The Morgan fingerprint density at radius 3 is 2.62 bits per heavy atom. The predicted molar refractivity (Wildman–Crippen MR) is 50.8 cm³/mol. The van der Waals surface area contributed by atoms with Crippen LogP contribution in [0, 0.1) is 0 Å². The Balaban J connectivity index is 2.57. The fraction of sp³-hybridized carbons (Fsp3) is 0. The van der Waals surface area contributed by atoms with Crippen molar-refractivity contribution in [1.29, 1.82) is 0 Å². The third-order valence-corrected chi connectivity index (χ3v) is 1.92. The fourth-order valence-corrected chi connectivity index (χ4v) is 1.23. The molecule has 2 rings (SSSR count). The molecule has 0 bridgehead atoms. The second kappa shape index (κ2) is 3.06. The molecule has 0 aliphatic carbocycles. The molecule has 13 heavy (non-hydrogen) atoms. The van der Waals surface area contributed by atoms with E-state index in [9.17, 15) is 0 Å². The minimum atomic E-state index is 0.637. The van der Waals surface area contributed by atoms with Crippen LogP contribution >= 0.6 is 11.6 Å². The molecular weight excluding hydrogens is 188 g/mol. The van der Waals surface area contributed by atoms with Crippen molar-refractivity contribution < 1.29 is 0 Å². The van der Waals surface area contributed by atoms with E-state index in [4.69, 9.17) is 17.3 Å². The van der Waals surface area contributed by atoms with E-state index in [-0.39, 0.29) is 0 Å². The zero-order valence-corrected chi connectivity index (χ0v) is 7.44. The molecule has 0 radical (unpaired) electrons. The highest BCUT2D eigenvalue weighted by molar-refractivity contribution is 6.30. The van der Waals surface area contributed by atoms with Crippen molar-refractivity contribution in [2.24, 2.45) is 0 Å². The zero-order valence-electron chi connectivity index (χ0n) is 6.68. The molecule has 1 aromatic heterocycles. The van der Waals surface area contributed by atoms with Crippen LogP contribution < -0.4 is 5.73 Å². The summed E-state index contributed by atoms with van der Waals surface area (Å²) in [6, 6.07) is 5.25. The van der Waals surface area contributed by atoms with Gasteiger partial charge in [-0.2, -0.15) is 0 Å². The second-order valence-corrected chi connectivity index (χ2v) is 3.01. The Hall–Kier alpha value is -1.55. The third-order valence-electron chi connectivity index (χ3n) is 1.69. The van der Waals surface area contributed by atoms with E-state index in [0.717, 1.165) is 5.69 Å². The van der Waals surface area contributed by atoms with Gasteiger partial charge < -0.3 is 5.73 Å². The van der Waals surface area contributed by atoms with Crippen molar-refractivity contribution >= 4 is 17.3 Å². The minimum Gasteiger partial charge on any atom is -0.397 e. The monoisotopic (exact) mass is 194 g/mol. The molecule has 0 amide bonds. The maximum atomic E-state index is 5.82. The molecule has 1 heterocycles. The van der Waals surface area contributed by atoms with Crippen LogP contribution in [0.5, 0.6) is 0 Å². The smallest absolute Gasteiger partial charge is 0.123 e. The number of aromatic nitrogens is 3. The number of benzene rings is 1. The van der Waals surface area contributed by atoms with E-state index in [2.05, 4.69) is 10.2 Å². The number of halogens is 1. The van der Waals surface area contributed by atoms with Crippen LogP contribution in [-0.2, 0) is 0 Å². The summed E-state index contributed by atoms with van der Waals surface area (Å²) in [7, 11) is 0. The number of hydrogen-bond acceptors (Lipinski definition) is 3. The molecule has 5 heteroatoms. The van der Waals surface area contributed by atoms with Crippen molar-refractivity contribution in [3.05, 3.63) is 35.9 Å². The van der Waals surface area contributed by atoms with Crippen LogP contribution in [0.25, 0.3) is 5.69 Å². The molecular formula is C8H7ClN4. The molecule has 4 nitrogen and oxygen atoms in total. The van der Waals surface area contributed by atoms with Gasteiger partial charge in [0.15, 0.2) is 0 Å². The number of nitrogen functional groups attached to an aromatic ring is 1. The molecule has 2 N–H and O–H groups in total. The SMILES string of the molecule is Nc1ccc(Cl)cc1-n1cnnc1. The van der Waals surface area contributed by atoms with Gasteiger partial charge in [0.25, 0.3) is 0 Å². The lowest BCUT2D eigenvalue weighted by Crippen LogP contribution is -1.96. The highest BCUT2D eigenvalue weighted by Gasteiger charge is 2.01. The normalized spacial score (nSPS) is 10.2. The van der Waals surface area contributed by atoms with Gasteiger partial charge >= 0.3 is 0 Å². The van der Waals surface area contributed by atoms with E-state index in [0.29, 0.717) is 10.7 Å². The maximum Gasteiger partial charge on any atom is 0.123 e. The van der Waals surface area contributed by atoms with Gasteiger partial charge in [-0.15, -0.1) is 10.2 Å². The van der Waals surface area contributed by atoms with E-state index >= 15 is 0 Å². The Morgan fingerprint density at radius 1 is 1.23 bits per heavy atom. The molecule has 1 aromatic carbocycles. The lowest BCUT2D eigenvalue weighted by atomic mass is 10.3. The molecule has 0 spiro atoms. The third kappa shape index (κ3) is 1.48. The average molecular weight is 195 g/mol. The van der Waals surface area contributed by atoms with Crippen LogP contribution in [0.2, 0.25) is 5.02 Å². The van der Waals surface area contributed by atoms with Crippen molar-refractivity contribution in [2.45, 2.75) is 0 Å². The molecule has 0 unspecified atom stereocenters. The zero-order chi connectivity index (χ0) is 9.26. The molecule has 0 aliphatic heterocycles. The maximum absolute atomic E-state index is 5.82. The van der Waals surface area contributed by atoms with Gasteiger partial charge in [0, 0.05) is 5.02 Å². The topological polar surface area (TPSA) is 56.7 Å². The Labute approximate surface area is 80.0 Å². The predicted octanol–water partition coefficient (Wildman–Crippen LogP) is 1.50. The minimum absolute atomic E-state index is 0.637. The van der Waals surface area contributed by atoms with E-state index < -0.39 is 0 Å². The first-order valence-corrected chi connectivity index (χ1v) is 4.05. The summed E-state index contributed by atoms with van der Waals surface area (Å²) in [6.07, 6.45) is 3.14. The van der Waals surface area contributed by atoms with Crippen molar-refractivity contribution in [2.75, 3.05) is 5.73 Å². The second-order valence-electron chi connectivity index (χ2n) is 2.57. The highest BCUT2D eigenvalue weighted by atomic mass is 35.5. The summed E-state index contributed by atoms with van der Waals surface area (Å²) in [5, 5.41) is 8.00. The van der Waals surface area contributed by atoms with Gasteiger partial charge in [-0.3, -0.25) is 4.57 Å². The molecule has 0 saturated carbocycles. The molecule has 66 valence electrons. The van der Waals surface area contributed by atoms with E-state index in [1.807, 2.05) is 0 Å². The lowest BCUT2D eigenvalue weighted by Gasteiger charge is -2.04. The van der Waals surface area contributed by atoms with Gasteiger partial charge in [0.2, 0.25) is 0 Å². The van der Waals surface area contributed by atoms with Crippen LogP contribution in [0.15, 0.2) is 30.9 Å². The first-order chi connectivity index (χ1) is 6.27. The number of rotatable bonds is 1. The van der Waals surface area contributed by atoms with Gasteiger partial charge in [0.1, 0.15) is 12.7 Å². The summed E-state index contributed by atoms with van der Waals surface area (Å²) in [4.78, 5) is 0. The summed E-state index contributed by atoms with van der Waals surface area (Å²) in [5.74, 6) is 0. The van der Waals surface area contributed by atoms with Gasteiger partial charge in [-0.1, -0.05) is 11.6 Å². The van der Waals surface area contributed by atoms with Crippen LogP contribution in [-0.4, -0.2) is 14.8 Å². The summed E-state index contributed by atoms with van der Waals surface area (Å²) in [6.45, 7) is 0.